The molecule has 1 rings (SSSR count). The summed E-state index contributed by atoms with van der Waals surface area (Å²) in [5.41, 5.74) is 0. The van der Waals surface area contributed by atoms with Crippen LogP contribution in [-0.4, -0.2) is 60.5 Å². The topological polar surface area (TPSA) is 55.7 Å². The standard InChI is InChI=1S/C11H24N2O2/c1-9(12-2)10-3-5-13(6-4-10)7-11(15)8-14/h9-12,14-15H,3-8H2,1-2H3. The molecule has 0 bridgehead atoms. The minimum Gasteiger partial charge on any atom is -0.394 e. The summed E-state index contributed by atoms with van der Waals surface area (Å²) in [4.78, 5) is 2.24. The molecule has 90 valence electrons. The number of β-amino-alcohol motifs (C(OH)–C–C–N with tert-alkyl or cyclic N) is 1. The van der Waals surface area contributed by atoms with Gasteiger partial charge in [0.1, 0.15) is 0 Å². The average molecular weight is 216 g/mol. The fourth-order valence-corrected chi connectivity index (χ4v) is 2.23. The highest BCUT2D eigenvalue weighted by atomic mass is 16.3. The minimum absolute atomic E-state index is 0.132. The van der Waals surface area contributed by atoms with Gasteiger partial charge in [-0.15, -0.1) is 0 Å². The van der Waals surface area contributed by atoms with E-state index in [2.05, 4.69) is 17.1 Å². The Balaban J connectivity index is 2.23. The van der Waals surface area contributed by atoms with Crippen LogP contribution in [0, 0.1) is 5.92 Å². The molecule has 0 aliphatic carbocycles. The Hall–Kier alpha value is -0.160. The number of hydrogen-bond donors (Lipinski definition) is 3. The second-order valence-electron chi connectivity index (χ2n) is 4.55. The first-order valence-electron chi connectivity index (χ1n) is 5.86. The number of nitrogens with zero attached hydrogens (tertiary/aromatic N) is 1. The Morgan fingerprint density at radius 2 is 2.00 bits per heavy atom. The number of likely N-dealkylation sites (tertiary alicyclic amines) is 1. The molecular formula is C11H24N2O2. The zero-order valence-electron chi connectivity index (χ0n) is 9.82. The first-order chi connectivity index (χ1) is 7.17. The Morgan fingerprint density at radius 1 is 1.40 bits per heavy atom. The third kappa shape index (κ3) is 4.07. The number of aliphatic hydroxyl groups is 2. The molecule has 15 heavy (non-hydrogen) atoms. The molecule has 0 spiro atoms. The second-order valence-corrected chi connectivity index (χ2v) is 4.55. The molecule has 0 amide bonds. The lowest BCUT2D eigenvalue weighted by atomic mass is 9.90. The van der Waals surface area contributed by atoms with Crippen molar-refractivity contribution in [2.24, 2.45) is 5.92 Å². The van der Waals surface area contributed by atoms with E-state index in [4.69, 9.17) is 5.11 Å². The highest BCUT2D eigenvalue weighted by Gasteiger charge is 2.23. The van der Waals surface area contributed by atoms with E-state index < -0.39 is 6.10 Å². The lowest BCUT2D eigenvalue weighted by molar-refractivity contribution is 0.0452. The molecule has 0 aromatic heterocycles. The highest BCUT2D eigenvalue weighted by Crippen LogP contribution is 2.20. The van der Waals surface area contributed by atoms with Crippen molar-refractivity contribution in [1.82, 2.24) is 10.2 Å². The van der Waals surface area contributed by atoms with Gasteiger partial charge < -0.3 is 20.4 Å². The summed E-state index contributed by atoms with van der Waals surface area (Å²) in [6, 6.07) is 0.579. The van der Waals surface area contributed by atoms with E-state index >= 15 is 0 Å². The van der Waals surface area contributed by atoms with Gasteiger partial charge in [-0.25, -0.2) is 0 Å². The molecule has 0 saturated carbocycles. The smallest absolute Gasteiger partial charge is 0.0897 e. The molecule has 4 heteroatoms. The molecule has 1 heterocycles. The molecule has 2 unspecified atom stereocenters. The molecule has 1 fully saturated rings. The summed E-state index contributed by atoms with van der Waals surface area (Å²) in [5.74, 6) is 0.748. The van der Waals surface area contributed by atoms with E-state index in [1.807, 2.05) is 7.05 Å². The predicted molar refractivity (Wildman–Crippen MR) is 60.8 cm³/mol. The Labute approximate surface area is 92.3 Å². The summed E-state index contributed by atoms with van der Waals surface area (Å²) in [6.45, 7) is 4.77. The van der Waals surface area contributed by atoms with Crippen LogP contribution in [-0.2, 0) is 0 Å². The zero-order chi connectivity index (χ0) is 11.3. The molecule has 1 aliphatic rings. The second kappa shape index (κ2) is 6.43. The first kappa shape index (κ1) is 12.9. The van der Waals surface area contributed by atoms with Gasteiger partial charge in [-0.05, 0) is 45.8 Å². The zero-order valence-corrected chi connectivity index (χ0v) is 9.82. The van der Waals surface area contributed by atoms with Crippen molar-refractivity contribution >= 4 is 0 Å². The van der Waals surface area contributed by atoms with Gasteiger partial charge in [-0.2, -0.15) is 0 Å². The maximum atomic E-state index is 9.33. The maximum Gasteiger partial charge on any atom is 0.0897 e. The van der Waals surface area contributed by atoms with Gasteiger partial charge in [-0.3, -0.25) is 0 Å². The van der Waals surface area contributed by atoms with E-state index in [-0.39, 0.29) is 6.61 Å². The lowest BCUT2D eigenvalue weighted by Crippen LogP contribution is -2.43. The van der Waals surface area contributed by atoms with E-state index in [1.54, 1.807) is 0 Å². The van der Waals surface area contributed by atoms with E-state index in [0.29, 0.717) is 12.6 Å². The van der Waals surface area contributed by atoms with Crippen molar-refractivity contribution in [2.75, 3.05) is 33.3 Å². The Bertz CT molecular complexity index is 170. The van der Waals surface area contributed by atoms with Gasteiger partial charge in [-0.1, -0.05) is 0 Å². The summed E-state index contributed by atoms with van der Waals surface area (Å²) < 4.78 is 0. The normalized spacial score (nSPS) is 24.0. The van der Waals surface area contributed by atoms with E-state index in [1.165, 1.54) is 12.8 Å². The van der Waals surface area contributed by atoms with Gasteiger partial charge in [0.25, 0.3) is 0 Å². The van der Waals surface area contributed by atoms with Crippen molar-refractivity contribution in [3.63, 3.8) is 0 Å². The molecule has 4 nitrogen and oxygen atoms in total. The summed E-state index contributed by atoms with van der Waals surface area (Å²) in [7, 11) is 2.01. The summed E-state index contributed by atoms with van der Waals surface area (Å²) >= 11 is 0. The van der Waals surface area contributed by atoms with Crippen LogP contribution in [0.3, 0.4) is 0 Å². The molecule has 0 aromatic rings. The fraction of sp³-hybridized carbons (Fsp3) is 1.00. The lowest BCUT2D eigenvalue weighted by Gasteiger charge is -2.35. The minimum atomic E-state index is -0.580. The molecule has 2 atom stereocenters. The van der Waals surface area contributed by atoms with Crippen molar-refractivity contribution in [2.45, 2.75) is 31.9 Å². The third-order valence-corrected chi connectivity index (χ3v) is 3.47. The van der Waals surface area contributed by atoms with Gasteiger partial charge >= 0.3 is 0 Å². The summed E-state index contributed by atoms with van der Waals surface area (Å²) in [5, 5.41) is 21.4. The predicted octanol–water partition coefficient (Wildman–Crippen LogP) is -0.341. The van der Waals surface area contributed by atoms with E-state index in [9.17, 15) is 5.11 Å². The van der Waals surface area contributed by atoms with Crippen LogP contribution in [0.5, 0.6) is 0 Å². The van der Waals surface area contributed by atoms with Gasteiger partial charge in [0.15, 0.2) is 0 Å². The average Bonchev–Trinajstić information content (AvgIpc) is 2.29. The molecular weight excluding hydrogens is 192 g/mol. The van der Waals surface area contributed by atoms with Crippen LogP contribution >= 0.6 is 0 Å². The quantitative estimate of drug-likeness (QED) is 0.588. The molecule has 3 N–H and O–H groups in total. The van der Waals surface area contributed by atoms with Crippen LogP contribution in [0.1, 0.15) is 19.8 Å². The summed E-state index contributed by atoms with van der Waals surface area (Å²) in [6.07, 6.45) is 1.78. The van der Waals surface area contributed by atoms with Crippen LogP contribution in [0.2, 0.25) is 0 Å². The van der Waals surface area contributed by atoms with E-state index in [0.717, 1.165) is 19.0 Å². The Kier molecular flexibility index (Phi) is 5.53. The number of aliphatic hydroxyl groups excluding tert-OH is 2. The molecule has 1 aliphatic heterocycles. The monoisotopic (exact) mass is 216 g/mol. The van der Waals surface area contributed by atoms with Gasteiger partial charge in [0.05, 0.1) is 12.7 Å². The highest BCUT2D eigenvalue weighted by molar-refractivity contribution is 4.79. The molecule has 0 aromatic carbocycles. The van der Waals surface area contributed by atoms with Crippen molar-refractivity contribution < 1.29 is 10.2 Å². The SMILES string of the molecule is CNC(C)C1CCN(CC(O)CO)CC1. The molecule has 0 radical (unpaired) electrons. The van der Waals surface area contributed by atoms with Gasteiger partial charge in [0, 0.05) is 12.6 Å². The maximum absolute atomic E-state index is 9.33. The van der Waals surface area contributed by atoms with Crippen LogP contribution in [0.15, 0.2) is 0 Å². The largest absolute Gasteiger partial charge is 0.394 e. The molecule has 1 saturated heterocycles. The number of rotatable bonds is 5. The van der Waals surface area contributed by atoms with Crippen LogP contribution in [0.25, 0.3) is 0 Å². The number of hydrogen-bond acceptors (Lipinski definition) is 4. The first-order valence-corrected chi connectivity index (χ1v) is 5.86. The third-order valence-electron chi connectivity index (χ3n) is 3.47. The van der Waals surface area contributed by atoms with Crippen molar-refractivity contribution in [1.29, 1.82) is 0 Å². The van der Waals surface area contributed by atoms with Crippen LogP contribution < -0.4 is 5.32 Å². The van der Waals surface area contributed by atoms with Crippen molar-refractivity contribution in [3.05, 3.63) is 0 Å². The van der Waals surface area contributed by atoms with Gasteiger partial charge in [0.2, 0.25) is 0 Å². The Morgan fingerprint density at radius 3 is 2.47 bits per heavy atom. The van der Waals surface area contributed by atoms with Crippen LogP contribution in [0.4, 0.5) is 0 Å². The fourth-order valence-electron chi connectivity index (χ4n) is 2.23. The van der Waals surface area contributed by atoms with Crippen molar-refractivity contribution in [3.8, 4) is 0 Å². The number of nitrogens with one attached hydrogen (secondary N) is 1. The number of piperidine rings is 1.